The molecule has 3 atom stereocenters. The molecule has 4 heteroatoms. The van der Waals surface area contributed by atoms with Crippen molar-refractivity contribution in [2.24, 2.45) is 5.92 Å². The van der Waals surface area contributed by atoms with Gasteiger partial charge in [-0.1, -0.05) is 33.6 Å². The Labute approximate surface area is 110 Å². The van der Waals surface area contributed by atoms with Crippen molar-refractivity contribution in [2.75, 3.05) is 19.8 Å². The standard InChI is InChI=1S/C14H27NO3/c1-4-7-8-11(5-2)15(6-3)13-10-18-9-12(13)14(16)17/h11-13H,4-10H2,1-3H3,(H,16,17). The average Bonchev–Trinajstić information content (AvgIpc) is 2.83. The Morgan fingerprint density at radius 2 is 2.11 bits per heavy atom. The molecule has 0 bridgehead atoms. The third kappa shape index (κ3) is 3.69. The lowest BCUT2D eigenvalue weighted by Gasteiger charge is -2.36. The molecule has 106 valence electrons. The largest absolute Gasteiger partial charge is 0.481 e. The number of nitrogens with zero attached hydrogens (tertiary/aromatic N) is 1. The van der Waals surface area contributed by atoms with Gasteiger partial charge in [0.05, 0.1) is 19.1 Å². The van der Waals surface area contributed by atoms with E-state index in [1.165, 1.54) is 12.8 Å². The summed E-state index contributed by atoms with van der Waals surface area (Å²) in [5.74, 6) is -1.08. The van der Waals surface area contributed by atoms with E-state index < -0.39 is 5.97 Å². The molecule has 0 spiro atoms. The molecule has 18 heavy (non-hydrogen) atoms. The van der Waals surface area contributed by atoms with Gasteiger partial charge in [-0.05, 0) is 19.4 Å². The van der Waals surface area contributed by atoms with E-state index in [2.05, 4.69) is 25.7 Å². The Bertz CT molecular complexity index is 257. The van der Waals surface area contributed by atoms with Gasteiger partial charge in [0.15, 0.2) is 0 Å². The highest BCUT2D eigenvalue weighted by Crippen LogP contribution is 2.25. The van der Waals surface area contributed by atoms with Crippen LogP contribution in [0.4, 0.5) is 0 Å². The smallest absolute Gasteiger partial charge is 0.310 e. The van der Waals surface area contributed by atoms with E-state index in [1.807, 2.05) is 0 Å². The first-order valence-electron chi connectivity index (χ1n) is 7.21. The molecule has 1 saturated heterocycles. The Morgan fingerprint density at radius 3 is 2.61 bits per heavy atom. The van der Waals surface area contributed by atoms with Gasteiger partial charge in [0, 0.05) is 12.1 Å². The highest BCUT2D eigenvalue weighted by molar-refractivity contribution is 5.71. The number of carboxylic acids is 1. The van der Waals surface area contributed by atoms with Crippen molar-refractivity contribution in [3.8, 4) is 0 Å². The lowest BCUT2D eigenvalue weighted by atomic mass is 9.97. The number of unbranched alkanes of at least 4 members (excludes halogenated alkanes) is 1. The van der Waals surface area contributed by atoms with Gasteiger partial charge in [-0.2, -0.15) is 0 Å². The summed E-state index contributed by atoms with van der Waals surface area (Å²) in [6.07, 6.45) is 4.64. The van der Waals surface area contributed by atoms with Crippen LogP contribution in [-0.2, 0) is 9.53 Å². The van der Waals surface area contributed by atoms with Crippen molar-refractivity contribution in [1.82, 2.24) is 4.90 Å². The van der Waals surface area contributed by atoms with Crippen LogP contribution in [0, 0.1) is 5.92 Å². The Balaban J connectivity index is 2.70. The summed E-state index contributed by atoms with van der Waals surface area (Å²) in [6, 6.07) is 0.540. The second-order valence-electron chi connectivity index (χ2n) is 5.08. The van der Waals surface area contributed by atoms with Crippen LogP contribution in [0.15, 0.2) is 0 Å². The molecule has 0 aliphatic carbocycles. The van der Waals surface area contributed by atoms with Crippen molar-refractivity contribution in [3.63, 3.8) is 0 Å². The van der Waals surface area contributed by atoms with Crippen LogP contribution in [0.3, 0.4) is 0 Å². The minimum atomic E-state index is -0.721. The number of hydrogen-bond acceptors (Lipinski definition) is 3. The van der Waals surface area contributed by atoms with Crippen molar-refractivity contribution in [3.05, 3.63) is 0 Å². The lowest BCUT2D eigenvalue weighted by molar-refractivity contribution is -0.143. The highest BCUT2D eigenvalue weighted by atomic mass is 16.5. The van der Waals surface area contributed by atoms with Crippen LogP contribution in [-0.4, -0.2) is 47.8 Å². The van der Waals surface area contributed by atoms with E-state index in [9.17, 15) is 9.90 Å². The molecule has 0 aromatic rings. The second-order valence-corrected chi connectivity index (χ2v) is 5.08. The lowest BCUT2D eigenvalue weighted by Crippen LogP contribution is -2.48. The fourth-order valence-electron chi connectivity index (χ4n) is 2.91. The van der Waals surface area contributed by atoms with Crippen molar-refractivity contribution >= 4 is 5.97 Å². The molecule has 1 rings (SSSR count). The van der Waals surface area contributed by atoms with Gasteiger partial charge in [-0.3, -0.25) is 9.69 Å². The maximum atomic E-state index is 11.3. The molecule has 0 aromatic carbocycles. The first kappa shape index (κ1) is 15.4. The number of hydrogen-bond donors (Lipinski definition) is 1. The quantitative estimate of drug-likeness (QED) is 0.725. The number of carboxylic acid groups (broad SMARTS) is 1. The van der Waals surface area contributed by atoms with Crippen molar-refractivity contribution in [1.29, 1.82) is 0 Å². The molecule has 0 saturated carbocycles. The minimum absolute atomic E-state index is 0.0503. The van der Waals surface area contributed by atoms with Crippen molar-refractivity contribution in [2.45, 2.75) is 58.5 Å². The monoisotopic (exact) mass is 257 g/mol. The summed E-state index contributed by atoms with van der Waals surface area (Å²) < 4.78 is 5.39. The first-order valence-corrected chi connectivity index (χ1v) is 7.21. The molecule has 0 amide bonds. The zero-order chi connectivity index (χ0) is 13.5. The fraction of sp³-hybridized carbons (Fsp3) is 0.929. The summed E-state index contributed by atoms with van der Waals surface area (Å²) in [5, 5.41) is 9.25. The van der Waals surface area contributed by atoms with E-state index >= 15 is 0 Å². The van der Waals surface area contributed by atoms with Gasteiger partial charge >= 0.3 is 5.97 Å². The van der Waals surface area contributed by atoms with Crippen molar-refractivity contribution < 1.29 is 14.6 Å². The minimum Gasteiger partial charge on any atom is -0.481 e. The van der Waals surface area contributed by atoms with Gasteiger partial charge in [0.25, 0.3) is 0 Å². The molecule has 1 aliphatic heterocycles. The predicted molar refractivity (Wildman–Crippen MR) is 71.7 cm³/mol. The van der Waals surface area contributed by atoms with Crippen LogP contribution in [0.2, 0.25) is 0 Å². The van der Waals surface area contributed by atoms with Crippen LogP contribution in [0.5, 0.6) is 0 Å². The summed E-state index contributed by atoms with van der Waals surface area (Å²) in [7, 11) is 0. The number of likely N-dealkylation sites (N-methyl/N-ethyl adjacent to an activating group) is 1. The molecular formula is C14H27NO3. The molecular weight excluding hydrogens is 230 g/mol. The zero-order valence-corrected chi connectivity index (χ0v) is 11.9. The van der Waals surface area contributed by atoms with Crippen LogP contribution < -0.4 is 0 Å². The maximum absolute atomic E-state index is 11.3. The summed E-state index contributed by atoms with van der Waals surface area (Å²) >= 11 is 0. The number of carbonyl (C=O) groups is 1. The average molecular weight is 257 g/mol. The third-order valence-corrected chi connectivity index (χ3v) is 3.99. The number of ether oxygens (including phenoxy) is 1. The van der Waals surface area contributed by atoms with Gasteiger partial charge in [-0.15, -0.1) is 0 Å². The van der Waals surface area contributed by atoms with Crippen LogP contribution >= 0.6 is 0 Å². The zero-order valence-electron chi connectivity index (χ0n) is 11.9. The second kappa shape index (κ2) is 7.74. The summed E-state index contributed by atoms with van der Waals surface area (Å²) in [6.45, 7) is 8.33. The molecule has 1 fully saturated rings. The molecule has 4 nitrogen and oxygen atoms in total. The van der Waals surface area contributed by atoms with E-state index in [0.717, 1.165) is 19.4 Å². The van der Waals surface area contributed by atoms with E-state index in [4.69, 9.17) is 4.74 Å². The van der Waals surface area contributed by atoms with Gasteiger partial charge < -0.3 is 9.84 Å². The Hall–Kier alpha value is -0.610. The van der Waals surface area contributed by atoms with E-state index in [0.29, 0.717) is 19.3 Å². The van der Waals surface area contributed by atoms with Crippen LogP contribution in [0.25, 0.3) is 0 Å². The highest BCUT2D eigenvalue weighted by Gasteiger charge is 2.39. The normalized spacial score (nSPS) is 25.6. The number of aliphatic carboxylic acids is 1. The summed E-state index contributed by atoms with van der Waals surface area (Å²) in [4.78, 5) is 13.6. The Kier molecular flexibility index (Phi) is 6.65. The van der Waals surface area contributed by atoms with Gasteiger partial charge in [-0.25, -0.2) is 0 Å². The van der Waals surface area contributed by atoms with Gasteiger partial charge in [0.2, 0.25) is 0 Å². The molecule has 1 N–H and O–H groups in total. The van der Waals surface area contributed by atoms with E-state index in [1.54, 1.807) is 0 Å². The topological polar surface area (TPSA) is 49.8 Å². The Morgan fingerprint density at radius 1 is 1.39 bits per heavy atom. The molecule has 0 radical (unpaired) electrons. The molecule has 1 aliphatic rings. The number of rotatable bonds is 8. The maximum Gasteiger partial charge on any atom is 0.310 e. The van der Waals surface area contributed by atoms with Gasteiger partial charge in [0.1, 0.15) is 0 Å². The molecule has 0 aromatic heterocycles. The van der Waals surface area contributed by atoms with E-state index in [-0.39, 0.29) is 12.0 Å². The predicted octanol–water partition coefficient (Wildman–Crippen LogP) is 2.38. The first-order chi connectivity index (χ1) is 8.65. The summed E-state index contributed by atoms with van der Waals surface area (Å²) in [5.41, 5.74) is 0. The third-order valence-electron chi connectivity index (χ3n) is 3.99. The fourth-order valence-corrected chi connectivity index (χ4v) is 2.91. The molecule has 1 heterocycles. The SMILES string of the molecule is CCCCC(CC)N(CC)C1COCC1C(=O)O. The molecule has 3 unspecified atom stereocenters. The van der Waals surface area contributed by atoms with Crippen LogP contribution in [0.1, 0.15) is 46.5 Å².